The zero-order valence-corrected chi connectivity index (χ0v) is 11.6. The van der Waals surface area contributed by atoms with Crippen LogP contribution in [0.15, 0.2) is 34.9 Å². The molecule has 1 N–H and O–H groups in total. The Bertz CT molecular complexity index is 571. The van der Waals surface area contributed by atoms with Crippen molar-refractivity contribution < 1.29 is 9.20 Å². The first-order valence-corrected chi connectivity index (χ1v) is 6.38. The van der Waals surface area contributed by atoms with Crippen LogP contribution in [0.5, 0.6) is 0 Å². The van der Waals surface area contributed by atoms with E-state index in [0.717, 1.165) is 12.1 Å². The molecule has 5 heteroatoms. The predicted molar refractivity (Wildman–Crippen MR) is 70.3 cm³/mol. The summed E-state index contributed by atoms with van der Waals surface area (Å²) < 4.78 is 6.82. The Labute approximate surface area is 112 Å². The molecule has 0 amide bonds. The summed E-state index contributed by atoms with van der Waals surface area (Å²) in [6.45, 7) is 2.75. The number of hydrogen-bond donors (Lipinski definition) is 1. The van der Waals surface area contributed by atoms with Crippen LogP contribution >= 0.6 is 0 Å². The number of nitrogens with one attached hydrogen (secondary N) is 1. The van der Waals surface area contributed by atoms with Gasteiger partial charge in [-0.3, -0.25) is 15.6 Å². The van der Waals surface area contributed by atoms with Gasteiger partial charge in [0.05, 0.1) is 6.54 Å². The molecule has 0 bridgehead atoms. The maximum atomic E-state index is 7.78. The summed E-state index contributed by atoms with van der Waals surface area (Å²) in [5.74, 6) is 0. The summed E-state index contributed by atoms with van der Waals surface area (Å²) >= 11 is 0. The second kappa shape index (κ2) is 5.84. The third-order valence-corrected chi connectivity index (χ3v) is 3.02. The Morgan fingerprint density at radius 3 is 2.63 bits per heavy atom. The minimum atomic E-state index is 0.147. The highest BCUT2D eigenvalue weighted by molar-refractivity contribution is 5.14. The van der Waals surface area contributed by atoms with Crippen molar-refractivity contribution in [2.24, 2.45) is 0 Å². The Morgan fingerprint density at radius 1 is 1.32 bits per heavy atom. The van der Waals surface area contributed by atoms with Crippen molar-refractivity contribution in [1.82, 2.24) is 10.2 Å². The predicted octanol–water partition coefficient (Wildman–Crippen LogP) is 0.869. The lowest BCUT2D eigenvalue weighted by Crippen LogP contribution is -2.48. The van der Waals surface area contributed by atoms with E-state index in [-0.39, 0.29) is 11.6 Å². The van der Waals surface area contributed by atoms with Crippen LogP contribution in [0.4, 0.5) is 0 Å². The van der Waals surface area contributed by atoms with Crippen molar-refractivity contribution in [3.05, 3.63) is 47.1 Å². The molecule has 1 unspecified atom stereocenters. The van der Waals surface area contributed by atoms with Crippen molar-refractivity contribution in [1.29, 1.82) is 5.41 Å². The fourth-order valence-electron chi connectivity index (χ4n) is 2.12. The van der Waals surface area contributed by atoms with Crippen LogP contribution < -0.4 is 15.5 Å². The minimum Gasteiger partial charge on any atom is -0.487 e. The molecule has 2 rings (SSSR count). The molecule has 0 radical (unpaired) electrons. The van der Waals surface area contributed by atoms with Crippen LogP contribution in [0.1, 0.15) is 24.2 Å². The molecule has 1 aromatic carbocycles. The van der Waals surface area contributed by atoms with E-state index in [2.05, 4.69) is 24.3 Å². The molecule has 1 aromatic heterocycles. The lowest BCUT2D eigenvalue weighted by Gasteiger charge is -2.13. The van der Waals surface area contributed by atoms with Crippen LogP contribution in [0, 0.1) is 5.41 Å². The summed E-state index contributed by atoms with van der Waals surface area (Å²) in [5, 5.41) is 11.8. The molecule has 102 valence electrons. The van der Waals surface area contributed by atoms with E-state index in [0.29, 0.717) is 6.54 Å². The Balaban J connectivity index is 2.19. The van der Waals surface area contributed by atoms with Crippen molar-refractivity contribution in [3.8, 4) is 0 Å². The van der Waals surface area contributed by atoms with Crippen molar-refractivity contribution in [2.45, 2.75) is 25.9 Å². The number of aromatic nitrogens is 2. The van der Waals surface area contributed by atoms with E-state index in [9.17, 15) is 0 Å². The van der Waals surface area contributed by atoms with Gasteiger partial charge in [-0.05, 0) is 26.6 Å². The highest BCUT2D eigenvalue weighted by Gasteiger charge is 2.19. The van der Waals surface area contributed by atoms with Gasteiger partial charge in [-0.1, -0.05) is 30.3 Å². The molecular weight excluding hydrogens is 240 g/mol. The van der Waals surface area contributed by atoms with Crippen LogP contribution in [-0.2, 0) is 13.0 Å². The lowest BCUT2D eigenvalue weighted by molar-refractivity contribution is -0.793. The smallest absolute Gasteiger partial charge is 0.269 e. The highest BCUT2D eigenvalue weighted by Crippen LogP contribution is 2.08. The fourth-order valence-corrected chi connectivity index (χ4v) is 2.12. The van der Waals surface area contributed by atoms with Gasteiger partial charge in [0.25, 0.3) is 5.55 Å². The van der Waals surface area contributed by atoms with Crippen LogP contribution in [0.3, 0.4) is 0 Å². The molecule has 0 aliphatic heterocycles. The van der Waals surface area contributed by atoms with Crippen LogP contribution in [-0.4, -0.2) is 19.0 Å². The average Bonchev–Trinajstić information content (AvgIpc) is 2.72. The number of hydrogen-bond acceptors (Lipinski definition) is 3. The van der Waals surface area contributed by atoms with Gasteiger partial charge in [0.1, 0.15) is 0 Å². The third kappa shape index (κ3) is 3.32. The number of benzene rings is 1. The first-order chi connectivity index (χ1) is 9.08. The van der Waals surface area contributed by atoms with Gasteiger partial charge < -0.3 is 4.52 Å². The Morgan fingerprint density at radius 2 is 2.00 bits per heavy atom. The molecule has 0 saturated heterocycles. The van der Waals surface area contributed by atoms with E-state index in [1.807, 2.05) is 41.9 Å². The first-order valence-electron chi connectivity index (χ1n) is 6.38. The molecule has 0 saturated carbocycles. The molecule has 0 aliphatic rings. The second-order valence-electron chi connectivity index (χ2n) is 5.07. The molecular formula is C14H20N4O. The number of rotatable bonds is 5. The molecule has 2 aromatic rings. The third-order valence-electron chi connectivity index (χ3n) is 3.02. The quantitative estimate of drug-likeness (QED) is 0.812. The largest absolute Gasteiger partial charge is 0.487 e. The van der Waals surface area contributed by atoms with Gasteiger partial charge >= 0.3 is 0 Å². The molecule has 0 aliphatic carbocycles. The van der Waals surface area contributed by atoms with Crippen LogP contribution in [0.2, 0.25) is 0 Å². The second-order valence-corrected chi connectivity index (χ2v) is 5.07. The monoisotopic (exact) mass is 260 g/mol. The SMILES string of the molecule is CC(Cc1ccccc1)[n+]1[n-]oc(=N)c1CN(C)C. The molecule has 19 heavy (non-hydrogen) atoms. The van der Waals surface area contributed by atoms with Crippen molar-refractivity contribution in [2.75, 3.05) is 14.1 Å². The summed E-state index contributed by atoms with van der Waals surface area (Å²) in [6.07, 6.45) is 0.873. The maximum absolute atomic E-state index is 7.78. The zero-order chi connectivity index (χ0) is 13.8. The minimum absolute atomic E-state index is 0.147. The molecule has 5 nitrogen and oxygen atoms in total. The maximum Gasteiger partial charge on any atom is 0.269 e. The summed E-state index contributed by atoms with van der Waals surface area (Å²) in [5.41, 5.74) is 2.22. The lowest BCUT2D eigenvalue weighted by atomic mass is 10.1. The first kappa shape index (κ1) is 13.5. The van der Waals surface area contributed by atoms with Crippen LogP contribution in [0.25, 0.3) is 0 Å². The average molecular weight is 260 g/mol. The summed E-state index contributed by atoms with van der Waals surface area (Å²) in [4.78, 5) is 2.01. The fraction of sp³-hybridized carbons (Fsp3) is 0.429. The Hall–Kier alpha value is -1.88. The zero-order valence-electron chi connectivity index (χ0n) is 11.6. The highest BCUT2D eigenvalue weighted by atomic mass is 16.5. The van der Waals surface area contributed by atoms with E-state index in [1.54, 1.807) is 0 Å². The van der Waals surface area contributed by atoms with E-state index in [4.69, 9.17) is 9.93 Å². The molecule has 0 fully saturated rings. The van der Waals surface area contributed by atoms with Gasteiger partial charge in [0.15, 0.2) is 6.04 Å². The van der Waals surface area contributed by atoms with Gasteiger partial charge in [0, 0.05) is 6.42 Å². The summed E-state index contributed by atoms with van der Waals surface area (Å²) in [6, 6.07) is 10.4. The normalized spacial score (nSPS) is 12.8. The van der Waals surface area contributed by atoms with Gasteiger partial charge in [0.2, 0.25) is 5.69 Å². The Kier molecular flexibility index (Phi) is 4.16. The molecule has 0 spiro atoms. The van der Waals surface area contributed by atoms with Gasteiger partial charge in [-0.25, -0.2) is 4.68 Å². The molecule has 1 atom stereocenters. The molecule has 1 heterocycles. The standard InChI is InChI=1S/C14H20N4O/c1-11(9-12-7-5-4-6-8-12)18-13(10-17(2)3)14(15)19-16-18/h4-8,11,15H,9-10H2,1-3H3. The van der Waals surface area contributed by atoms with Gasteiger partial charge in [-0.2, -0.15) is 0 Å². The van der Waals surface area contributed by atoms with Crippen molar-refractivity contribution in [3.63, 3.8) is 0 Å². The van der Waals surface area contributed by atoms with E-state index >= 15 is 0 Å². The topological polar surface area (TPSA) is 58.2 Å². The number of nitrogens with zero attached hydrogens (tertiary/aromatic N) is 3. The van der Waals surface area contributed by atoms with Crippen molar-refractivity contribution >= 4 is 0 Å². The summed E-state index contributed by atoms with van der Waals surface area (Å²) in [7, 11) is 3.94. The van der Waals surface area contributed by atoms with Gasteiger partial charge in [-0.15, -0.1) is 0 Å². The van der Waals surface area contributed by atoms with E-state index < -0.39 is 0 Å². The van der Waals surface area contributed by atoms with E-state index in [1.165, 1.54) is 5.56 Å².